The van der Waals surface area contributed by atoms with Crippen molar-refractivity contribution in [3.63, 3.8) is 0 Å². The topological polar surface area (TPSA) is 71.0 Å². The van der Waals surface area contributed by atoms with Gasteiger partial charge in [0.05, 0.1) is 13.7 Å². The van der Waals surface area contributed by atoms with Gasteiger partial charge in [0, 0.05) is 12.6 Å². The summed E-state index contributed by atoms with van der Waals surface area (Å²) in [6, 6.07) is 7.33. The third kappa shape index (κ3) is 6.80. The molecule has 0 aromatic heterocycles. The molecule has 0 heterocycles. The van der Waals surface area contributed by atoms with Gasteiger partial charge in [-0.3, -0.25) is 0 Å². The number of hydrogen-bond acceptors (Lipinski definition) is 5. The number of methoxy groups -OCH3 is 1. The number of benzene rings is 1. The zero-order chi connectivity index (χ0) is 15.7. The first kappa shape index (κ1) is 17.8. The second kappa shape index (κ2) is 9.60. The fourth-order valence-corrected chi connectivity index (χ4v) is 2.08. The predicted molar refractivity (Wildman–Crippen MR) is 82.8 cm³/mol. The van der Waals surface area contributed by atoms with Crippen LogP contribution >= 0.6 is 0 Å². The van der Waals surface area contributed by atoms with Gasteiger partial charge in [0.2, 0.25) is 0 Å². The predicted octanol–water partition coefficient (Wildman–Crippen LogP) is 1.43. The summed E-state index contributed by atoms with van der Waals surface area (Å²) in [6.07, 6.45) is 0.229. The molecular formula is C16H27NO4. The number of para-hydroxylation sites is 2. The van der Waals surface area contributed by atoms with Crippen LogP contribution in [-0.2, 0) is 0 Å². The molecule has 0 fully saturated rings. The Morgan fingerprint density at radius 2 is 1.86 bits per heavy atom. The number of rotatable bonds is 10. The average molecular weight is 297 g/mol. The van der Waals surface area contributed by atoms with Crippen LogP contribution in [-0.4, -0.2) is 49.2 Å². The maximum absolute atomic E-state index is 9.94. The van der Waals surface area contributed by atoms with Crippen molar-refractivity contribution < 1.29 is 19.7 Å². The molecule has 21 heavy (non-hydrogen) atoms. The highest BCUT2D eigenvalue weighted by Gasteiger charge is 2.13. The van der Waals surface area contributed by atoms with Gasteiger partial charge in [-0.05, 0) is 24.5 Å². The lowest BCUT2D eigenvalue weighted by atomic mass is 10.0. The average Bonchev–Trinajstić information content (AvgIpc) is 2.49. The Hall–Kier alpha value is -1.30. The van der Waals surface area contributed by atoms with E-state index in [1.165, 1.54) is 0 Å². The van der Waals surface area contributed by atoms with Crippen LogP contribution in [0.2, 0.25) is 0 Å². The molecule has 5 heteroatoms. The van der Waals surface area contributed by atoms with Crippen LogP contribution in [0, 0.1) is 5.92 Å². The normalized spacial score (nSPS) is 14.0. The summed E-state index contributed by atoms with van der Waals surface area (Å²) in [5, 5.41) is 22.4. The molecule has 0 saturated carbocycles. The molecular weight excluding hydrogens is 270 g/mol. The molecule has 0 amide bonds. The van der Waals surface area contributed by atoms with E-state index in [9.17, 15) is 10.2 Å². The van der Waals surface area contributed by atoms with Crippen LogP contribution in [0.25, 0.3) is 0 Å². The first-order valence-corrected chi connectivity index (χ1v) is 7.35. The lowest BCUT2D eigenvalue weighted by Gasteiger charge is -2.21. The minimum atomic E-state index is -0.642. The van der Waals surface area contributed by atoms with Crippen molar-refractivity contribution in [1.82, 2.24) is 5.32 Å². The third-order valence-corrected chi connectivity index (χ3v) is 3.12. The van der Waals surface area contributed by atoms with Crippen LogP contribution in [0.1, 0.15) is 20.3 Å². The van der Waals surface area contributed by atoms with Crippen molar-refractivity contribution in [3.05, 3.63) is 24.3 Å². The molecule has 0 saturated heterocycles. The van der Waals surface area contributed by atoms with Crippen LogP contribution < -0.4 is 14.8 Å². The maximum Gasteiger partial charge on any atom is 0.161 e. The smallest absolute Gasteiger partial charge is 0.161 e. The van der Waals surface area contributed by atoms with Gasteiger partial charge in [0.1, 0.15) is 12.7 Å². The Balaban J connectivity index is 2.35. The number of aliphatic hydroxyl groups excluding tert-OH is 2. The van der Waals surface area contributed by atoms with E-state index in [0.717, 1.165) is 6.42 Å². The Bertz CT molecular complexity index is 398. The second-order valence-electron chi connectivity index (χ2n) is 5.53. The summed E-state index contributed by atoms with van der Waals surface area (Å²) >= 11 is 0. The van der Waals surface area contributed by atoms with E-state index in [2.05, 4.69) is 19.2 Å². The largest absolute Gasteiger partial charge is 0.493 e. The highest BCUT2D eigenvalue weighted by atomic mass is 16.5. The fourth-order valence-electron chi connectivity index (χ4n) is 2.08. The summed E-state index contributed by atoms with van der Waals surface area (Å²) in [5.74, 6) is 1.75. The van der Waals surface area contributed by atoms with Gasteiger partial charge in [-0.15, -0.1) is 0 Å². The highest BCUT2D eigenvalue weighted by Crippen LogP contribution is 2.25. The molecule has 0 aliphatic carbocycles. The van der Waals surface area contributed by atoms with E-state index < -0.39 is 6.10 Å². The van der Waals surface area contributed by atoms with E-state index >= 15 is 0 Å². The van der Waals surface area contributed by atoms with Gasteiger partial charge < -0.3 is 25.0 Å². The van der Waals surface area contributed by atoms with Crippen molar-refractivity contribution in [2.24, 2.45) is 5.92 Å². The minimum absolute atomic E-state index is 0.00547. The first-order valence-electron chi connectivity index (χ1n) is 7.35. The Labute approximate surface area is 126 Å². The molecule has 0 bridgehead atoms. The highest BCUT2D eigenvalue weighted by molar-refractivity contribution is 5.39. The quantitative estimate of drug-likeness (QED) is 0.609. The lowest BCUT2D eigenvalue weighted by molar-refractivity contribution is 0.0967. The van der Waals surface area contributed by atoms with Crippen LogP contribution in [0.3, 0.4) is 0 Å². The molecule has 0 radical (unpaired) electrons. The van der Waals surface area contributed by atoms with Crippen molar-refractivity contribution >= 4 is 0 Å². The fraction of sp³-hybridized carbons (Fsp3) is 0.625. The van der Waals surface area contributed by atoms with Crippen LogP contribution in [0.4, 0.5) is 0 Å². The van der Waals surface area contributed by atoms with Crippen molar-refractivity contribution in [2.45, 2.75) is 32.4 Å². The van der Waals surface area contributed by atoms with Gasteiger partial charge in [-0.2, -0.15) is 0 Å². The molecule has 2 atom stereocenters. The number of aliphatic hydroxyl groups is 2. The third-order valence-electron chi connectivity index (χ3n) is 3.12. The SMILES string of the molecule is COc1ccccc1OCC(O)CNC(CO)CC(C)C. The standard InChI is InChI=1S/C16H27NO4/c1-12(2)8-13(10-18)17-9-14(19)11-21-16-7-5-4-6-15(16)20-3/h4-7,12-14,17-19H,8-11H2,1-3H3. The van der Waals surface area contributed by atoms with E-state index in [1.54, 1.807) is 13.2 Å². The van der Waals surface area contributed by atoms with Crippen LogP contribution in [0.15, 0.2) is 24.3 Å². The molecule has 120 valence electrons. The zero-order valence-electron chi connectivity index (χ0n) is 13.1. The van der Waals surface area contributed by atoms with Crippen LogP contribution in [0.5, 0.6) is 11.5 Å². The summed E-state index contributed by atoms with van der Waals surface area (Å²) in [4.78, 5) is 0. The van der Waals surface area contributed by atoms with E-state index in [-0.39, 0.29) is 19.3 Å². The summed E-state index contributed by atoms with van der Waals surface area (Å²) in [6.45, 7) is 4.83. The first-order chi connectivity index (χ1) is 10.1. The minimum Gasteiger partial charge on any atom is -0.493 e. The molecule has 3 N–H and O–H groups in total. The van der Waals surface area contributed by atoms with E-state index in [4.69, 9.17) is 9.47 Å². The monoisotopic (exact) mass is 297 g/mol. The summed E-state index contributed by atoms with van der Waals surface area (Å²) in [7, 11) is 1.58. The zero-order valence-corrected chi connectivity index (χ0v) is 13.1. The number of ether oxygens (including phenoxy) is 2. The van der Waals surface area contributed by atoms with Gasteiger partial charge in [0.15, 0.2) is 11.5 Å². The number of nitrogens with one attached hydrogen (secondary N) is 1. The molecule has 1 aromatic carbocycles. The van der Waals surface area contributed by atoms with Gasteiger partial charge >= 0.3 is 0 Å². The van der Waals surface area contributed by atoms with Crippen molar-refractivity contribution in [3.8, 4) is 11.5 Å². The molecule has 0 aliphatic heterocycles. The summed E-state index contributed by atoms with van der Waals surface area (Å²) < 4.78 is 10.7. The molecule has 5 nitrogen and oxygen atoms in total. The Kier molecular flexibility index (Phi) is 8.12. The molecule has 0 aliphatic rings. The Morgan fingerprint density at radius 1 is 1.19 bits per heavy atom. The van der Waals surface area contributed by atoms with Gasteiger partial charge in [-0.25, -0.2) is 0 Å². The maximum atomic E-state index is 9.94. The molecule has 0 spiro atoms. The van der Waals surface area contributed by atoms with Crippen molar-refractivity contribution in [2.75, 3.05) is 26.9 Å². The summed E-state index contributed by atoms with van der Waals surface area (Å²) in [5.41, 5.74) is 0. The Morgan fingerprint density at radius 3 is 2.43 bits per heavy atom. The lowest BCUT2D eigenvalue weighted by Crippen LogP contribution is -2.40. The van der Waals surface area contributed by atoms with E-state index in [0.29, 0.717) is 24.0 Å². The molecule has 1 rings (SSSR count). The molecule has 1 aromatic rings. The van der Waals surface area contributed by atoms with E-state index in [1.807, 2.05) is 18.2 Å². The van der Waals surface area contributed by atoms with Gasteiger partial charge in [-0.1, -0.05) is 26.0 Å². The van der Waals surface area contributed by atoms with Crippen molar-refractivity contribution in [1.29, 1.82) is 0 Å². The molecule has 2 unspecified atom stereocenters. The van der Waals surface area contributed by atoms with Gasteiger partial charge in [0.25, 0.3) is 0 Å². The second-order valence-corrected chi connectivity index (χ2v) is 5.53. The number of hydrogen-bond donors (Lipinski definition) is 3.